The number of halogens is 2. The molecule has 1 spiro atoms. The third kappa shape index (κ3) is 2.90. The van der Waals surface area contributed by atoms with Gasteiger partial charge < -0.3 is 4.74 Å². The van der Waals surface area contributed by atoms with Gasteiger partial charge in [0.05, 0.1) is 24.6 Å². The Kier molecular flexibility index (Phi) is 4.38. The number of aromatic nitrogens is 2. The molecule has 110 valence electrons. The molecule has 4 nitrogen and oxygen atoms in total. The third-order valence-corrected chi connectivity index (χ3v) is 6.02. The van der Waals surface area contributed by atoms with Gasteiger partial charge in [0.15, 0.2) is 0 Å². The molecule has 1 aliphatic heterocycles. The largest absolute Gasteiger partial charge is 0.370 e. The Labute approximate surface area is 137 Å². The first-order chi connectivity index (χ1) is 9.60. The minimum Gasteiger partial charge on any atom is -0.370 e. The van der Waals surface area contributed by atoms with Crippen LogP contribution in [0.4, 0.5) is 0 Å². The smallest absolute Gasteiger partial charge is 0.268 e. The number of hydrogen-bond acceptors (Lipinski definition) is 3. The van der Waals surface area contributed by atoms with Crippen molar-refractivity contribution >= 4 is 34.2 Å². The summed E-state index contributed by atoms with van der Waals surface area (Å²) in [5.41, 5.74) is 0.0262. The van der Waals surface area contributed by atoms with E-state index in [0.717, 1.165) is 12.8 Å². The molecule has 1 aromatic heterocycles. The lowest BCUT2D eigenvalue weighted by molar-refractivity contribution is -0.0683. The van der Waals surface area contributed by atoms with Gasteiger partial charge in [-0.1, -0.05) is 30.9 Å². The van der Waals surface area contributed by atoms with Gasteiger partial charge in [-0.15, -0.1) is 0 Å². The van der Waals surface area contributed by atoms with Crippen LogP contribution in [0.3, 0.4) is 0 Å². The summed E-state index contributed by atoms with van der Waals surface area (Å²) in [4.78, 5) is 16.2. The third-order valence-electron chi connectivity index (χ3n) is 4.44. The molecule has 0 bridgehead atoms. The van der Waals surface area contributed by atoms with E-state index >= 15 is 0 Å². The molecule has 0 aromatic carbocycles. The summed E-state index contributed by atoms with van der Waals surface area (Å²) >= 11 is 7.81. The summed E-state index contributed by atoms with van der Waals surface area (Å²) in [5, 5.41) is 0.281. The zero-order chi connectivity index (χ0) is 14.2. The maximum Gasteiger partial charge on any atom is 0.268 e. The molecule has 1 saturated heterocycles. The van der Waals surface area contributed by atoms with E-state index in [1.165, 1.54) is 38.4 Å². The van der Waals surface area contributed by atoms with E-state index in [-0.39, 0.29) is 22.4 Å². The fourth-order valence-electron chi connectivity index (χ4n) is 3.38. The van der Waals surface area contributed by atoms with Crippen LogP contribution < -0.4 is 5.56 Å². The van der Waals surface area contributed by atoms with Crippen LogP contribution in [0.5, 0.6) is 0 Å². The number of hydrogen-bond donors (Lipinski definition) is 0. The quantitative estimate of drug-likeness (QED) is 0.557. The second kappa shape index (κ2) is 5.93. The van der Waals surface area contributed by atoms with Gasteiger partial charge in [-0.05, 0) is 48.3 Å². The maximum absolute atomic E-state index is 12.1. The van der Waals surface area contributed by atoms with Crippen LogP contribution in [0.2, 0.25) is 5.15 Å². The maximum atomic E-state index is 12.1. The first-order valence-electron chi connectivity index (χ1n) is 7.18. The van der Waals surface area contributed by atoms with Crippen molar-refractivity contribution in [2.24, 2.45) is 0 Å². The first-order valence-corrected chi connectivity index (χ1v) is 8.64. The van der Waals surface area contributed by atoms with Gasteiger partial charge in [0.1, 0.15) is 8.72 Å². The minimum absolute atomic E-state index is 0.0706. The lowest BCUT2D eigenvalue weighted by Crippen LogP contribution is -2.34. The standard InChI is InChI=1S/C14H18ClIN2O2/c15-12-11(16)13(19)18(9-17-12)8-10-4-7-14(20-10)5-2-1-3-6-14/h9-10H,1-8H2. The summed E-state index contributed by atoms with van der Waals surface area (Å²) in [6, 6.07) is 0. The number of rotatable bonds is 2. The molecule has 2 fully saturated rings. The predicted octanol–water partition coefficient (Wildman–Crippen LogP) is 3.38. The molecule has 0 amide bonds. The molecule has 20 heavy (non-hydrogen) atoms. The van der Waals surface area contributed by atoms with E-state index < -0.39 is 0 Å². The average Bonchev–Trinajstić information content (AvgIpc) is 2.83. The van der Waals surface area contributed by atoms with Crippen LogP contribution in [-0.4, -0.2) is 21.3 Å². The van der Waals surface area contributed by atoms with Crippen molar-refractivity contribution in [1.82, 2.24) is 9.55 Å². The Balaban J connectivity index is 1.71. The molecule has 1 aromatic rings. The lowest BCUT2D eigenvalue weighted by Gasteiger charge is -2.33. The molecule has 0 radical (unpaired) electrons. The topological polar surface area (TPSA) is 44.1 Å². The molecule has 0 N–H and O–H groups in total. The summed E-state index contributed by atoms with van der Waals surface area (Å²) in [6.07, 6.45) is 10.0. The van der Waals surface area contributed by atoms with E-state index in [1.807, 2.05) is 22.6 Å². The SMILES string of the molecule is O=c1c(I)c(Cl)ncn1CC1CCC2(CCCCC2)O1. The highest BCUT2D eigenvalue weighted by atomic mass is 127. The Bertz CT molecular complexity index is 555. The van der Waals surface area contributed by atoms with Gasteiger partial charge in [-0.25, -0.2) is 4.98 Å². The molecule has 1 unspecified atom stereocenters. The summed E-state index contributed by atoms with van der Waals surface area (Å²) in [6.45, 7) is 0.584. The zero-order valence-electron chi connectivity index (χ0n) is 11.3. The van der Waals surface area contributed by atoms with Gasteiger partial charge in [0, 0.05) is 0 Å². The minimum atomic E-state index is -0.0706. The predicted molar refractivity (Wildman–Crippen MR) is 86.1 cm³/mol. The Morgan fingerprint density at radius 1 is 1.40 bits per heavy atom. The summed E-state index contributed by atoms with van der Waals surface area (Å²) in [7, 11) is 0. The van der Waals surface area contributed by atoms with Crippen molar-refractivity contribution in [2.45, 2.75) is 63.2 Å². The van der Waals surface area contributed by atoms with Crippen LogP contribution in [0.1, 0.15) is 44.9 Å². The number of ether oxygens (including phenoxy) is 1. The highest BCUT2D eigenvalue weighted by Crippen LogP contribution is 2.42. The summed E-state index contributed by atoms with van der Waals surface area (Å²) < 4.78 is 8.40. The van der Waals surface area contributed by atoms with Crippen molar-refractivity contribution in [1.29, 1.82) is 0 Å². The van der Waals surface area contributed by atoms with Crippen LogP contribution in [0.15, 0.2) is 11.1 Å². The van der Waals surface area contributed by atoms with Gasteiger partial charge in [-0.2, -0.15) is 0 Å². The van der Waals surface area contributed by atoms with Crippen molar-refractivity contribution < 1.29 is 4.74 Å². The van der Waals surface area contributed by atoms with Gasteiger partial charge >= 0.3 is 0 Å². The van der Waals surface area contributed by atoms with Crippen molar-refractivity contribution in [3.05, 3.63) is 25.4 Å². The molecule has 1 atom stereocenters. The molecule has 2 heterocycles. The first kappa shape index (κ1) is 14.8. The van der Waals surface area contributed by atoms with Gasteiger partial charge in [0.25, 0.3) is 5.56 Å². The highest BCUT2D eigenvalue weighted by molar-refractivity contribution is 14.1. The number of nitrogens with zero attached hydrogens (tertiary/aromatic N) is 2. The average molecular weight is 409 g/mol. The van der Waals surface area contributed by atoms with Gasteiger partial charge in [-0.3, -0.25) is 9.36 Å². The molecule has 3 rings (SSSR count). The monoisotopic (exact) mass is 408 g/mol. The molecule has 6 heteroatoms. The van der Waals surface area contributed by atoms with E-state index in [4.69, 9.17) is 16.3 Å². The summed E-state index contributed by atoms with van der Waals surface area (Å²) in [5.74, 6) is 0. The van der Waals surface area contributed by atoms with Gasteiger partial charge in [0.2, 0.25) is 0 Å². The molecular weight excluding hydrogens is 391 g/mol. The van der Waals surface area contributed by atoms with Crippen molar-refractivity contribution in [3.63, 3.8) is 0 Å². The van der Waals surface area contributed by atoms with Crippen molar-refractivity contribution in [3.8, 4) is 0 Å². The van der Waals surface area contributed by atoms with E-state index in [2.05, 4.69) is 4.98 Å². The molecule has 1 saturated carbocycles. The van der Waals surface area contributed by atoms with Crippen molar-refractivity contribution in [2.75, 3.05) is 0 Å². The van der Waals surface area contributed by atoms with E-state index in [9.17, 15) is 4.79 Å². The fraction of sp³-hybridized carbons (Fsp3) is 0.714. The highest BCUT2D eigenvalue weighted by Gasteiger charge is 2.40. The second-order valence-electron chi connectivity index (χ2n) is 5.83. The molecular formula is C14H18ClIN2O2. The van der Waals surface area contributed by atoms with E-state index in [0.29, 0.717) is 10.1 Å². The molecule has 1 aliphatic carbocycles. The van der Waals surface area contributed by atoms with Crippen LogP contribution >= 0.6 is 34.2 Å². The van der Waals surface area contributed by atoms with Crippen LogP contribution in [0.25, 0.3) is 0 Å². The zero-order valence-corrected chi connectivity index (χ0v) is 14.2. The Morgan fingerprint density at radius 2 is 2.15 bits per heavy atom. The lowest BCUT2D eigenvalue weighted by atomic mass is 9.83. The van der Waals surface area contributed by atoms with Crippen LogP contribution in [-0.2, 0) is 11.3 Å². The normalized spacial score (nSPS) is 25.2. The van der Waals surface area contributed by atoms with Crippen LogP contribution in [0, 0.1) is 3.57 Å². The fourth-order valence-corrected chi connectivity index (χ4v) is 3.95. The molecule has 2 aliphatic rings. The Hall–Kier alpha value is -0.140. The second-order valence-corrected chi connectivity index (χ2v) is 7.27. The van der Waals surface area contributed by atoms with E-state index in [1.54, 1.807) is 4.57 Å². The Morgan fingerprint density at radius 3 is 2.90 bits per heavy atom.